The molecule has 0 spiro atoms. The van der Waals surface area contributed by atoms with Crippen LogP contribution in [0.1, 0.15) is 31.4 Å². The van der Waals surface area contributed by atoms with Crippen molar-refractivity contribution in [3.8, 4) is 0 Å². The number of halogens is 1. The molecule has 1 unspecified atom stereocenters. The van der Waals surface area contributed by atoms with Gasteiger partial charge in [-0.25, -0.2) is 0 Å². The third kappa shape index (κ3) is 3.24. The highest BCUT2D eigenvalue weighted by atomic mass is 35.5. The number of benzene rings is 1. The van der Waals surface area contributed by atoms with Crippen LogP contribution >= 0.6 is 11.6 Å². The van der Waals surface area contributed by atoms with Crippen LogP contribution in [0.3, 0.4) is 0 Å². The lowest BCUT2D eigenvalue weighted by molar-refractivity contribution is 0.108. The Balaban J connectivity index is 2.27. The molecule has 1 aliphatic heterocycles. The third-order valence-electron chi connectivity index (χ3n) is 2.94. The maximum Gasteiger partial charge on any atom is 0.141 e. The molecule has 0 aliphatic carbocycles. The molecule has 4 heteroatoms. The minimum absolute atomic E-state index is 0.179. The second-order valence-electron chi connectivity index (χ2n) is 4.26. The fourth-order valence-electron chi connectivity index (χ4n) is 2.05. The molecular formula is C14H19ClN2O. The van der Waals surface area contributed by atoms with E-state index in [1.54, 1.807) is 0 Å². The summed E-state index contributed by atoms with van der Waals surface area (Å²) in [7, 11) is 0. The van der Waals surface area contributed by atoms with E-state index in [1.165, 1.54) is 0 Å². The van der Waals surface area contributed by atoms with Gasteiger partial charge in [-0.2, -0.15) is 0 Å². The first-order valence-electron chi connectivity index (χ1n) is 6.47. The van der Waals surface area contributed by atoms with Gasteiger partial charge in [-0.3, -0.25) is 4.99 Å². The molecule has 1 aliphatic rings. The fourth-order valence-corrected chi connectivity index (χ4v) is 2.29. The van der Waals surface area contributed by atoms with Crippen molar-refractivity contribution in [1.29, 1.82) is 0 Å². The predicted octanol–water partition coefficient (Wildman–Crippen LogP) is 3.20. The Kier molecular flexibility index (Phi) is 5.02. The van der Waals surface area contributed by atoms with Crippen LogP contribution in [0.5, 0.6) is 0 Å². The summed E-state index contributed by atoms with van der Waals surface area (Å²) in [4.78, 5) is 4.58. The molecule has 1 aromatic rings. The van der Waals surface area contributed by atoms with E-state index in [0.29, 0.717) is 6.61 Å². The monoisotopic (exact) mass is 266 g/mol. The molecular weight excluding hydrogens is 248 g/mol. The van der Waals surface area contributed by atoms with Crippen molar-refractivity contribution >= 4 is 17.4 Å². The number of hydrogen-bond acceptors (Lipinski definition) is 3. The van der Waals surface area contributed by atoms with Crippen molar-refractivity contribution in [3.05, 3.63) is 34.9 Å². The van der Waals surface area contributed by atoms with Gasteiger partial charge in [0.05, 0.1) is 0 Å². The van der Waals surface area contributed by atoms with E-state index in [-0.39, 0.29) is 6.10 Å². The summed E-state index contributed by atoms with van der Waals surface area (Å²) in [5, 5.41) is 4.09. The van der Waals surface area contributed by atoms with E-state index in [9.17, 15) is 0 Å². The Morgan fingerprint density at radius 1 is 1.39 bits per heavy atom. The number of amidine groups is 1. The quantitative estimate of drug-likeness (QED) is 0.908. The highest BCUT2D eigenvalue weighted by Crippen LogP contribution is 2.26. The summed E-state index contributed by atoms with van der Waals surface area (Å²) < 4.78 is 5.83. The average molecular weight is 267 g/mol. The lowest BCUT2D eigenvalue weighted by Gasteiger charge is -2.21. The van der Waals surface area contributed by atoms with Crippen LogP contribution in [-0.2, 0) is 4.74 Å². The van der Waals surface area contributed by atoms with Gasteiger partial charge in [-0.15, -0.1) is 0 Å². The van der Waals surface area contributed by atoms with Gasteiger partial charge in [-0.1, -0.05) is 29.8 Å². The molecule has 0 saturated heterocycles. The topological polar surface area (TPSA) is 33.6 Å². The van der Waals surface area contributed by atoms with Crippen molar-refractivity contribution < 1.29 is 4.74 Å². The minimum atomic E-state index is -0.179. The second-order valence-corrected chi connectivity index (χ2v) is 4.66. The van der Waals surface area contributed by atoms with Gasteiger partial charge in [0.15, 0.2) is 0 Å². The summed E-state index contributed by atoms with van der Waals surface area (Å²) in [5.74, 6) is 0.905. The maximum atomic E-state index is 6.25. The van der Waals surface area contributed by atoms with E-state index in [1.807, 2.05) is 31.2 Å². The van der Waals surface area contributed by atoms with Crippen LogP contribution < -0.4 is 5.32 Å². The second kappa shape index (κ2) is 6.76. The van der Waals surface area contributed by atoms with Crippen molar-refractivity contribution in [2.45, 2.75) is 25.9 Å². The lowest BCUT2D eigenvalue weighted by Crippen LogP contribution is -2.31. The largest absolute Gasteiger partial charge is 0.371 e. The van der Waals surface area contributed by atoms with E-state index >= 15 is 0 Å². The average Bonchev–Trinajstić information content (AvgIpc) is 2.66. The number of nitrogens with one attached hydrogen (secondary N) is 1. The van der Waals surface area contributed by atoms with Gasteiger partial charge in [-0.05, 0) is 25.8 Å². The molecule has 0 aromatic heterocycles. The standard InChI is InChI=1S/C14H19ClN2O/c1-2-18-13(11-7-3-4-8-12(11)15)14-16-9-5-6-10-17-14/h3-4,7-8,13H,2,5-6,9-10H2,1H3,(H,16,17). The summed E-state index contributed by atoms with van der Waals surface area (Å²) in [6.07, 6.45) is 2.09. The molecule has 0 radical (unpaired) electrons. The van der Waals surface area contributed by atoms with E-state index in [4.69, 9.17) is 16.3 Å². The number of rotatable bonds is 4. The fraction of sp³-hybridized carbons (Fsp3) is 0.500. The zero-order chi connectivity index (χ0) is 12.8. The zero-order valence-electron chi connectivity index (χ0n) is 10.7. The summed E-state index contributed by atoms with van der Waals surface area (Å²) in [6, 6.07) is 7.79. The molecule has 1 heterocycles. The number of hydrogen-bond donors (Lipinski definition) is 1. The van der Waals surface area contributed by atoms with Gasteiger partial charge in [0.1, 0.15) is 11.9 Å². The van der Waals surface area contributed by atoms with E-state index in [2.05, 4.69) is 10.3 Å². The molecule has 1 atom stereocenters. The van der Waals surface area contributed by atoms with Gasteiger partial charge < -0.3 is 10.1 Å². The van der Waals surface area contributed by atoms with Crippen LogP contribution in [0.15, 0.2) is 29.3 Å². The van der Waals surface area contributed by atoms with Gasteiger partial charge in [0.2, 0.25) is 0 Å². The smallest absolute Gasteiger partial charge is 0.141 e. The van der Waals surface area contributed by atoms with E-state index in [0.717, 1.165) is 42.4 Å². The third-order valence-corrected chi connectivity index (χ3v) is 3.29. The van der Waals surface area contributed by atoms with E-state index < -0.39 is 0 Å². The van der Waals surface area contributed by atoms with Gasteiger partial charge >= 0.3 is 0 Å². The molecule has 98 valence electrons. The minimum Gasteiger partial charge on any atom is -0.371 e. The highest BCUT2D eigenvalue weighted by molar-refractivity contribution is 6.31. The number of nitrogens with zero attached hydrogens (tertiary/aromatic N) is 1. The van der Waals surface area contributed by atoms with Crippen LogP contribution in [0.2, 0.25) is 5.02 Å². The molecule has 18 heavy (non-hydrogen) atoms. The normalized spacial score (nSPS) is 17.6. The van der Waals surface area contributed by atoms with Crippen LogP contribution in [0, 0.1) is 0 Å². The van der Waals surface area contributed by atoms with Gasteiger partial charge in [0.25, 0.3) is 0 Å². The van der Waals surface area contributed by atoms with Gasteiger partial charge in [0, 0.05) is 30.3 Å². The zero-order valence-corrected chi connectivity index (χ0v) is 11.4. The van der Waals surface area contributed by atoms with Crippen molar-refractivity contribution in [2.75, 3.05) is 19.7 Å². The summed E-state index contributed by atoms with van der Waals surface area (Å²) in [5.41, 5.74) is 0.981. The maximum absolute atomic E-state index is 6.25. The lowest BCUT2D eigenvalue weighted by atomic mass is 10.1. The van der Waals surface area contributed by atoms with Crippen LogP contribution in [0.4, 0.5) is 0 Å². The van der Waals surface area contributed by atoms with Crippen molar-refractivity contribution in [1.82, 2.24) is 5.32 Å². The number of aliphatic imine (C=N–C) groups is 1. The molecule has 0 saturated carbocycles. The SMILES string of the molecule is CCOC(C1=NCCCCN1)c1ccccc1Cl. The molecule has 1 aromatic carbocycles. The molecule has 1 N–H and O–H groups in total. The van der Waals surface area contributed by atoms with Crippen molar-refractivity contribution in [3.63, 3.8) is 0 Å². The predicted molar refractivity (Wildman–Crippen MR) is 75.4 cm³/mol. The number of ether oxygens (including phenoxy) is 1. The first-order chi connectivity index (χ1) is 8.83. The summed E-state index contributed by atoms with van der Waals surface area (Å²) in [6.45, 7) is 4.43. The van der Waals surface area contributed by atoms with Crippen molar-refractivity contribution in [2.24, 2.45) is 4.99 Å². The molecule has 3 nitrogen and oxygen atoms in total. The molecule has 0 amide bonds. The molecule has 0 fully saturated rings. The summed E-state index contributed by atoms with van der Waals surface area (Å²) >= 11 is 6.25. The first kappa shape index (κ1) is 13.4. The first-order valence-corrected chi connectivity index (χ1v) is 6.85. The molecule has 2 rings (SSSR count). The Morgan fingerprint density at radius 3 is 3.00 bits per heavy atom. The Morgan fingerprint density at radius 2 is 2.22 bits per heavy atom. The van der Waals surface area contributed by atoms with Crippen LogP contribution in [0.25, 0.3) is 0 Å². The Labute approximate surface area is 113 Å². The van der Waals surface area contributed by atoms with Crippen LogP contribution in [-0.4, -0.2) is 25.5 Å². The highest BCUT2D eigenvalue weighted by Gasteiger charge is 2.21. The Hall–Kier alpha value is -1.06. The molecule has 0 bridgehead atoms. The Bertz CT molecular complexity index is 420.